The molecule has 0 atom stereocenters. The third kappa shape index (κ3) is 2.65. The first kappa shape index (κ1) is 15.8. The lowest BCUT2D eigenvalue weighted by molar-refractivity contribution is 0.357. The van der Waals surface area contributed by atoms with Gasteiger partial charge in [-0.2, -0.15) is 0 Å². The van der Waals surface area contributed by atoms with Gasteiger partial charge in [-0.3, -0.25) is 0 Å². The molecule has 1 N–H and O–H groups in total. The molecule has 5 heteroatoms. The molecule has 0 unspecified atom stereocenters. The Morgan fingerprint density at radius 3 is 2.79 bits per heavy atom. The van der Waals surface area contributed by atoms with Crippen LogP contribution in [0.25, 0.3) is 10.9 Å². The van der Waals surface area contributed by atoms with Crippen LogP contribution in [0.4, 0.5) is 5.69 Å². The molecule has 5 nitrogen and oxygen atoms in total. The molecular weight excluding hydrogens is 304 g/mol. The van der Waals surface area contributed by atoms with E-state index in [9.17, 15) is 10.0 Å². The fourth-order valence-corrected chi connectivity index (χ4v) is 2.88. The average Bonchev–Trinajstić information content (AvgIpc) is 2.87. The minimum absolute atomic E-state index is 0.0765. The summed E-state index contributed by atoms with van der Waals surface area (Å²) >= 11 is 0. The second kappa shape index (κ2) is 6.58. The van der Waals surface area contributed by atoms with Gasteiger partial charge in [0.15, 0.2) is 5.69 Å². The lowest BCUT2D eigenvalue weighted by Crippen LogP contribution is -2.03. The molecule has 0 aliphatic rings. The number of hydrogen-bond donors (Lipinski definition) is 1. The molecule has 0 aliphatic heterocycles. The summed E-state index contributed by atoms with van der Waals surface area (Å²) in [7, 11) is 0. The molecule has 0 radical (unpaired) electrons. The maximum Gasteiger partial charge on any atom is 0.222 e. The molecule has 122 valence electrons. The molecule has 0 spiro atoms. The smallest absolute Gasteiger partial charge is 0.222 e. The third-order valence-corrected chi connectivity index (χ3v) is 3.99. The highest BCUT2D eigenvalue weighted by molar-refractivity contribution is 5.97. The van der Waals surface area contributed by atoms with Gasteiger partial charge >= 0.3 is 0 Å². The van der Waals surface area contributed by atoms with E-state index < -0.39 is 0 Å². The summed E-state index contributed by atoms with van der Waals surface area (Å²) in [5.74, 6) is 0.583. The second-order valence-electron chi connectivity index (χ2n) is 5.53. The predicted octanol–water partition coefficient (Wildman–Crippen LogP) is 4.67. The van der Waals surface area contributed by atoms with E-state index in [4.69, 9.17) is 4.74 Å². The van der Waals surface area contributed by atoms with Gasteiger partial charge in [0.2, 0.25) is 5.88 Å². The molecular formula is C19H18N2O3. The van der Waals surface area contributed by atoms with Gasteiger partial charge in [-0.25, -0.2) is 0 Å². The summed E-state index contributed by atoms with van der Waals surface area (Å²) in [6.07, 6.45) is 1.68. The van der Waals surface area contributed by atoms with E-state index >= 15 is 0 Å². The summed E-state index contributed by atoms with van der Waals surface area (Å²) in [6.45, 7) is 6.31. The first-order valence-corrected chi connectivity index (χ1v) is 7.63. The first-order chi connectivity index (χ1) is 11.7. The molecule has 0 amide bonds. The molecule has 2 aromatic carbocycles. The SMILES string of the molecule is C=CCOc1ccccc1Cn1c(O)c(N=O)c2c(C)cccc21. The molecule has 3 aromatic rings. The molecule has 0 saturated heterocycles. The monoisotopic (exact) mass is 322 g/mol. The second-order valence-corrected chi connectivity index (χ2v) is 5.53. The van der Waals surface area contributed by atoms with Crippen molar-refractivity contribution in [2.24, 2.45) is 5.18 Å². The number of ether oxygens (including phenoxy) is 1. The Morgan fingerprint density at radius 2 is 2.04 bits per heavy atom. The van der Waals surface area contributed by atoms with Gasteiger partial charge in [0, 0.05) is 10.9 Å². The highest BCUT2D eigenvalue weighted by atomic mass is 16.5. The fourth-order valence-electron chi connectivity index (χ4n) is 2.88. The average molecular weight is 322 g/mol. The van der Waals surface area contributed by atoms with Crippen LogP contribution in [0.5, 0.6) is 11.6 Å². The van der Waals surface area contributed by atoms with Crippen LogP contribution in [-0.2, 0) is 6.54 Å². The van der Waals surface area contributed by atoms with Gasteiger partial charge in [0.05, 0.1) is 12.1 Å². The first-order valence-electron chi connectivity index (χ1n) is 7.63. The molecule has 3 rings (SSSR count). The van der Waals surface area contributed by atoms with E-state index in [1.165, 1.54) is 0 Å². The Hall–Kier alpha value is -3.08. The van der Waals surface area contributed by atoms with Gasteiger partial charge in [-0.1, -0.05) is 43.0 Å². The normalized spacial score (nSPS) is 10.7. The number of hydrogen-bond acceptors (Lipinski definition) is 4. The molecule has 1 heterocycles. The van der Waals surface area contributed by atoms with Gasteiger partial charge in [0.1, 0.15) is 12.4 Å². The van der Waals surface area contributed by atoms with Crippen molar-refractivity contribution in [3.63, 3.8) is 0 Å². The van der Waals surface area contributed by atoms with Crippen molar-refractivity contribution in [2.45, 2.75) is 13.5 Å². The topological polar surface area (TPSA) is 63.8 Å². The van der Waals surface area contributed by atoms with E-state index in [1.807, 2.05) is 49.4 Å². The van der Waals surface area contributed by atoms with Crippen molar-refractivity contribution < 1.29 is 9.84 Å². The van der Waals surface area contributed by atoms with Crippen molar-refractivity contribution in [3.8, 4) is 11.6 Å². The van der Waals surface area contributed by atoms with E-state index in [0.29, 0.717) is 24.3 Å². The number of rotatable bonds is 6. The zero-order valence-corrected chi connectivity index (χ0v) is 13.4. The van der Waals surface area contributed by atoms with Gasteiger partial charge in [-0.15, -0.1) is 4.91 Å². The molecule has 0 bridgehead atoms. The summed E-state index contributed by atoms with van der Waals surface area (Å²) in [5.41, 5.74) is 2.63. The lowest BCUT2D eigenvalue weighted by atomic mass is 10.1. The Kier molecular flexibility index (Phi) is 4.33. The van der Waals surface area contributed by atoms with E-state index in [-0.39, 0.29) is 11.6 Å². The standard InChI is InChI=1S/C19H18N2O3/c1-3-11-24-16-10-5-4-8-14(16)12-21-15-9-6-7-13(2)17(15)18(20-23)19(21)22/h3-10,22H,1,11-12H2,2H3. The van der Waals surface area contributed by atoms with Crippen molar-refractivity contribution in [3.05, 3.63) is 71.2 Å². The van der Waals surface area contributed by atoms with Crippen molar-refractivity contribution >= 4 is 16.6 Å². The maximum absolute atomic E-state index is 11.2. The zero-order chi connectivity index (χ0) is 17.1. The van der Waals surface area contributed by atoms with Crippen LogP contribution in [-0.4, -0.2) is 16.3 Å². The largest absolute Gasteiger partial charge is 0.493 e. The zero-order valence-electron chi connectivity index (χ0n) is 13.4. The van der Waals surface area contributed by atoms with Crippen LogP contribution in [0.1, 0.15) is 11.1 Å². The molecule has 0 aliphatic carbocycles. The Morgan fingerprint density at radius 1 is 1.25 bits per heavy atom. The van der Waals surface area contributed by atoms with Gasteiger partial charge in [-0.05, 0) is 29.8 Å². The van der Waals surface area contributed by atoms with E-state index in [2.05, 4.69) is 11.8 Å². The quantitative estimate of drug-likeness (QED) is 0.530. The highest BCUT2D eigenvalue weighted by Crippen LogP contribution is 2.41. The summed E-state index contributed by atoms with van der Waals surface area (Å²) in [5, 5.41) is 14.2. The maximum atomic E-state index is 11.2. The van der Waals surface area contributed by atoms with Crippen LogP contribution in [0, 0.1) is 11.8 Å². The van der Waals surface area contributed by atoms with Gasteiger partial charge < -0.3 is 14.4 Å². The van der Waals surface area contributed by atoms with Crippen molar-refractivity contribution in [1.29, 1.82) is 0 Å². The Labute approximate surface area is 139 Å². The Bertz CT molecular complexity index is 912. The van der Waals surface area contributed by atoms with Crippen molar-refractivity contribution in [2.75, 3.05) is 6.61 Å². The molecule has 1 aromatic heterocycles. The molecule has 0 fully saturated rings. The lowest BCUT2D eigenvalue weighted by Gasteiger charge is -2.12. The van der Waals surface area contributed by atoms with Crippen LogP contribution in [0.3, 0.4) is 0 Å². The summed E-state index contributed by atoms with van der Waals surface area (Å²) < 4.78 is 7.34. The number of nitrogens with zero attached hydrogens (tertiary/aromatic N) is 2. The van der Waals surface area contributed by atoms with Crippen molar-refractivity contribution in [1.82, 2.24) is 4.57 Å². The third-order valence-electron chi connectivity index (χ3n) is 3.99. The predicted molar refractivity (Wildman–Crippen MR) is 95.0 cm³/mol. The van der Waals surface area contributed by atoms with Crippen LogP contribution < -0.4 is 4.74 Å². The Balaban J connectivity index is 2.12. The summed E-state index contributed by atoms with van der Waals surface area (Å²) in [4.78, 5) is 11.2. The number of benzene rings is 2. The minimum Gasteiger partial charge on any atom is -0.493 e. The number of aryl methyl sites for hydroxylation is 1. The van der Waals surface area contributed by atoms with Crippen LogP contribution in [0.15, 0.2) is 60.3 Å². The van der Waals surface area contributed by atoms with Crippen LogP contribution in [0.2, 0.25) is 0 Å². The minimum atomic E-state index is -0.132. The number of aromatic nitrogens is 1. The molecule has 0 saturated carbocycles. The van der Waals surface area contributed by atoms with Gasteiger partial charge in [0.25, 0.3) is 0 Å². The molecule has 24 heavy (non-hydrogen) atoms. The van der Waals surface area contributed by atoms with E-state index in [1.54, 1.807) is 10.6 Å². The number of nitroso groups, excluding NO2 is 1. The number of fused-ring (bicyclic) bond motifs is 1. The number of para-hydroxylation sites is 1. The van der Waals surface area contributed by atoms with E-state index in [0.717, 1.165) is 16.6 Å². The van der Waals surface area contributed by atoms with Crippen LogP contribution >= 0.6 is 0 Å². The highest BCUT2D eigenvalue weighted by Gasteiger charge is 2.19. The summed E-state index contributed by atoms with van der Waals surface area (Å²) in [6, 6.07) is 13.2. The fraction of sp³-hybridized carbons (Fsp3) is 0.158. The number of aromatic hydroxyl groups is 1.